The molecule has 0 radical (unpaired) electrons. The number of nitrogens with one attached hydrogen (secondary N) is 1. The van der Waals surface area contributed by atoms with E-state index in [2.05, 4.69) is 17.2 Å². The Hall–Kier alpha value is -1.52. The molecule has 2 atom stereocenters. The fraction of sp³-hybridized carbons (Fsp3) is 0.471. The van der Waals surface area contributed by atoms with Gasteiger partial charge in [-0.3, -0.25) is 4.98 Å². The average molecular weight is 290 g/mol. The van der Waals surface area contributed by atoms with Gasteiger partial charge >= 0.3 is 0 Å². The standard InChI is InChI=1S/C17H23FN2O/c1-4-12(2)17(3,21)11-19-10-13-7-8-15(18)14-6-5-9-20-16(13)14/h5-9,12,19,21H,4,10-11H2,1-3H3. The van der Waals surface area contributed by atoms with Gasteiger partial charge in [0.2, 0.25) is 0 Å². The maximum absolute atomic E-state index is 13.7. The van der Waals surface area contributed by atoms with Crippen LogP contribution >= 0.6 is 0 Å². The van der Waals surface area contributed by atoms with Gasteiger partial charge in [0.1, 0.15) is 5.82 Å². The quantitative estimate of drug-likeness (QED) is 0.858. The van der Waals surface area contributed by atoms with Crippen molar-refractivity contribution in [2.45, 2.75) is 39.3 Å². The molecule has 1 aromatic heterocycles. The summed E-state index contributed by atoms with van der Waals surface area (Å²) in [4.78, 5) is 4.27. The minimum Gasteiger partial charge on any atom is -0.389 e. The molecule has 0 aliphatic rings. The summed E-state index contributed by atoms with van der Waals surface area (Å²) in [6.45, 7) is 7.00. The number of aliphatic hydroxyl groups is 1. The highest BCUT2D eigenvalue weighted by molar-refractivity contribution is 5.82. The molecular formula is C17H23FN2O. The van der Waals surface area contributed by atoms with Gasteiger partial charge in [-0.25, -0.2) is 4.39 Å². The van der Waals surface area contributed by atoms with E-state index in [4.69, 9.17) is 0 Å². The van der Waals surface area contributed by atoms with Gasteiger partial charge in [-0.1, -0.05) is 26.3 Å². The monoisotopic (exact) mass is 290 g/mol. The molecule has 2 unspecified atom stereocenters. The Morgan fingerprint density at radius 1 is 1.38 bits per heavy atom. The van der Waals surface area contributed by atoms with Crippen molar-refractivity contribution >= 4 is 10.9 Å². The summed E-state index contributed by atoms with van der Waals surface area (Å²) in [5.41, 5.74) is 0.859. The number of rotatable bonds is 6. The first-order chi connectivity index (χ1) is 9.95. The first-order valence-corrected chi connectivity index (χ1v) is 7.41. The van der Waals surface area contributed by atoms with Crippen molar-refractivity contribution in [2.24, 2.45) is 5.92 Å². The highest BCUT2D eigenvalue weighted by Crippen LogP contribution is 2.21. The van der Waals surface area contributed by atoms with E-state index >= 15 is 0 Å². The van der Waals surface area contributed by atoms with E-state index in [1.54, 1.807) is 24.4 Å². The van der Waals surface area contributed by atoms with E-state index in [0.29, 0.717) is 24.0 Å². The largest absolute Gasteiger partial charge is 0.389 e. The first kappa shape index (κ1) is 15.9. The maximum Gasteiger partial charge on any atom is 0.132 e. The zero-order valence-electron chi connectivity index (χ0n) is 12.9. The number of pyridine rings is 1. The normalized spacial score (nSPS) is 15.9. The van der Waals surface area contributed by atoms with Crippen LogP contribution in [0.2, 0.25) is 0 Å². The summed E-state index contributed by atoms with van der Waals surface area (Å²) in [6.07, 6.45) is 2.59. The average Bonchev–Trinajstić information content (AvgIpc) is 2.49. The van der Waals surface area contributed by atoms with Gasteiger partial charge in [0.15, 0.2) is 0 Å². The van der Waals surface area contributed by atoms with E-state index in [1.807, 2.05) is 13.8 Å². The summed E-state index contributed by atoms with van der Waals surface area (Å²) >= 11 is 0. The molecule has 21 heavy (non-hydrogen) atoms. The SMILES string of the molecule is CCC(C)C(C)(O)CNCc1ccc(F)c2cccnc12. The molecule has 0 aliphatic heterocycles. The topological polar surface area (TPSA) is 45.1 Å². The Bertz CT molecular complexity index is 613. The van der Waals surface area contributed by atoms with Crippen LogP contribution in [0.3, 0.4) is 0 Å². The minimum atomic E-state index is -0.752. The van der Waals surface area contributed by atoms with Gasteiger partial charge in [-0.15, -0.1) is 0 Å². The number of hydrogen-bond donors (Lipinski definition) is 2. The van der Waals surface area contributed by atoms with Gasteiger partial charge in [0.25, 0.3) is 0 Å². The summed E-state index contributed by atoms with van der Waals surface area (Å²) in [6, 6.07) is 6.68. The van der Waals surface area contributed by atoms with Crippen LogP contribution in [-0.2, 0) is 6.54 Å². The van der Waals surface area contributed by atoms with Crippen molar-refractivity contribution in [3.05, 3.63) is 41.8 Å². The maximum atomic E-state index is 13.7. The lowest BCUT2D eigenvalue weighted by atomic mass is 9.88. The van der Waals surface area contributed by atoms with Crippen LogP contribution in [0.4, 0.5) is 4.39 Å². The molecule has 0 spiro atoms. The molecular weight excluding hydrogens is 267 g/mol. The van der Waals surface area contributed by atoms with Gasteiger partial charge in [-0.05, 0) is 36.6 Å². The number of halogens is 1. The van der Waals surface area contributed by atoms with Crippen LogP contribution in [0.15, 0.2) is 30.5 Å². The van der Waals surface area contributed by atoms with Crippen molar-refractivity contribution in [3.63, 3.8) is 0 Å². The number of fused-ring (bicyclic) bond motifs is 1. The summed E-state index contributed by atoms with van der Waals surface area (Å²) < 4.78 is 13.7. The lowest BCUT2D eigenvalue weighted by Crippen LogP contribution is -2.42. The summed E-state index contributed by atoms with van der Waals surface area (Å²) in [7, 11) is 0. The second-order valence-electron chi connectivity index (χ2n) is 5.88. The highest BCUT2D eigenvalue weighted by atomic mass is 19.1. The molecule has 0 amide bonds. The van der Waals surface area contributed by atoms with E-state index in [-0.39, 0.29) is 11.7 Å². The molecule has 0 aliphatic carbocycles. The number of aromatic nitrogens is 1. The molecule has 2 rings (SSSR count). The van der Waals surface area contributed by atoms with Crippen molar-refractivity contribution < 1.29 is 9.50 Å². The Morgan fingerprint density at radius 3 is 2.86 bits per heavy atom. The van der Waals surface area contributed by atoms with Crippen molar-refractivity contribution in [2.75, 3.05) is 6.54 Å². The van der Waals surface area contributed by atoms with Crippen LogP contribution in [0.5, 0.6) is 0 Å². The third-order valence-electron chi connectivity index (χ3n) is 4.27. The molecule has 114 valence electrons. The van der Waals surface area contributed by atoms with E-state index < -0.39 is 5.60 Å². The highest BCUT2D eigenvalue weighted by Gasteiger charge is 2.26. The molecule has 2 aromatic rings. The van der Waals surface area contributed by atoms with Crippen LogP contribution in [0.1, 0.15) is 32.8 Å². The van der Waals surface area contributed by atoms with Gasteiger partial charge in [0.05, 0.1) is 11.1 Å². The lowest BCUT2D eigenvalue weighted by molar-refractivity contribution is 0.00536. The summed E-state index contributed by atoms with van der Waals surface area (Å²) in [5, 5.41) is 14.2. The second kappa shape index (κ2) is 6.50. The number of nitrogens with zero attached hydrogens (tertiary/aromatic N) is 1. The van der Waals surface area contributed by atoms with E-state index in [1.165, 1.54) is 6.07 Å². The van der Waals surface area contributed by atoms with Gasteiger partial charge in [0, 0.05) is 24.7 Å². The predicted molar refractivity (Wildman–Crippen MR) is 83.5 cm³/mol. The van der Waals surface area contributed by atoms with E-state index in [0.717, 1.165) is 12.0 Å². The number of benzene rings is 1. The van der Waals surface area contributed by atoms with Crippen LogP contribution < -0.4 is 5.32 Å². The van der Waals surface area contributed by atoms with Crippen molar-refractivity contribution in [3.8, 4) is 0 Å². The Labute approximate surface area is 125 Å². The molecule has 0 bridgehead atoms. The van der Waals surface area contributed by atoms with Crippen molar-refractivity contribution in [1.29, 1.82) is 0 Å². The molecule has 2 N–H and O–H groups in total. The Kier molecular flexibility index (Phi) is 4.91. The fourth-order valence-electron chi connectivity index (χ4n) is 2.40. The third kappa shape index (κ3) is 3.57. The molecule has 3 nitrogen and oxygen atoms in total. The molecule has 1 aromatic carbocycles. The molecule has 1 heterocycles. The first-order valence-electron chi connectivity index (χ1n) is 7.41. The minimum absolute atomic E-state index is 0.216. The number of hydrogen-bond acceptors (Lipinski definition) is 3. The van der Waals surface area contributed by atoms with Gasteiger partial charge < -0.3 is 10.4 Å². The van der Waals surface area contributed by atoms with Crippen LogP contribution in [0, 0.1) is 11.7 Å². The van der Waals surface area contributed by atoms with Gasteiger partial charge in [-0.2, -0.15) is 0 Å². The molecule has 0 fully saturated rings. The van der Waals surface area contributed by atoms with E-state index in [9.17, 15) is 9.50 Å². The predicted octanol–water partition coefficient (Wildman–Crippen LogP) is 3.26. The summed E-state index contributed by atoms with van der Waals surface area (Å²) in [5.74, 6) is -0.0402. The van der Waals surface area contributed by atoms with Crippen LogP contribution in [0.25, 0.3) is 10.9 Å². The molecule has 0 saturated carbocycles. The fourth-order valence-corrected chi connectivity index (χ4v) is 2.40. The Morgan fingerprint density at radius 2 is 2.14 bits per heavy atom. The zero-order chi connectivity index (χ0) is 15.5. The Balaban J connectivity index is 2.10. The molecule has 4 heteroatoms. The molecule has 0 saturated heterocycles. The van der Waals surface area contributed by atoms with Crippen LogP contribution in [-0.4, -0.2) is 22.2 Å². The lowest BCUT2D eigenvalue weighted by Gasteiger charge is -2.30. The second-order valence-corrected chi connectivity index (χ2v) is 5.88. The third-order valence-corrected chi connectivity index (χ3v) is 4.27. The zero-order valence-corrected chi connectivity index (χ0v) is 12.9. The van der Waals surface area contributed by atoms with Crippen molar-refractivity contribution in [1.82, 2.24) is 10.3 Å². The smallest absolute Gasteiger partial charge is 0.132 e.